The minimum absolute atomic E-state index is 0.000798. The summed E-state index contributed by atoms with van der Waals surface area (Å²) in [6.45, 7) is -0.163. The lowest BCUT2D eigenvalue weighted by molar-refractivity contribution is -0.123. The summed E-state index contributed by atoms with van der Waals surface area (Å²) in [7, 11) is 1.22. The summed E-state index contributed by atoms with van der Waals surface area (Å²) in [5.74, 6) is -1.07. The number of hydrogen-bond donors (Lipinski definition) is 1. The van der Waals surface area contributed by atoms with Crippen molar-refractivity contribution >= 4 is 35.6 Å². The molecule has 0 aliphatic carbocycles. The van der Waals surface area contributed by atoms with Gasteiger partial charge in [-0.25, -0.2) is 14.0 Å². The van der Waals surface area contributed by atoms with Crippen LogP contribution in [0.4, 0.5) is 9.18 Å². The Morgan fingerprint density at radius 3 is 2.71 bits per heavy atom. The van der Waals surface area contributed by atoms with Crippen LogP contribution in [0.2, 0.25) is 5.02 Å². The van der Waals surface area contributed by atoms with Crippen molar-refractivity contribution in [2.45, 2.75) is 13.2 Å². The van der Waals surface area contributed by atoms with E-state index in [4.69, 9.17) is 20.8 Å². The SMILES string of the molecule is COC(=O)c1ccc(CN2C(=O)N/C(=C\c3ccc(OCc4ccccc4F)c(Cl)c3)C2=O)o1. The maximum Gasteiger partial charge on any atom is 0.373 e. The van der Waals surface area contributed by atoms with Gasteiger partial charge in [-0.15, -0.1) is 0 Å². The average molecular weight is 485 g/mol. The molecule has 10 heteroatoms. The van der Waals surface area contributed by atoms with Crippen molar-refractivity contribution in [1.82, 2.24) is 10.2 Å². The summed E-state index contributed by atoms with van der Waals surface area (Å²) in [5.41, 5.74) is 0.972. The number of urea groups is 1. The van der Waals surface area contributed by atoms with Crippen molar-refractivity contribution in [3.8, 4) is 5.75 Å². The third kappa shape index (κ3) is 4.94. The fraction of sp³-hybridized carbons (Fsp3) is 0.125. The van der Waals surface area contributed by atoms with Crippen molar-refractivity contribution in [2.75, 3.05) is 7.11 Å². The first-order chi connectivity index (χ1) is 16.4. The highest BCUT2D eigenvalue weighted by molar-refractivity contribution is 6.32. The molecule has 0 unspecified atom stereocenters. The second-order valence-electron chi connectivity index (χ2n) is 7.21. The largest absolute Gasteiger partial charge is 0.487 e. The highest BCUT2D eigenvalue weighted by atomic mass is 35.5. The van der Waals surface area contributed by atoms with Crippen molar-refractivity contribution in [3.05, 3.63) is 93.8 Å². The Kier molecular flexibility index (Phi) is 6.65. The fourth-order valence-electron chi connectivity index (χ4n) is 3.21. The molecule has 1 saturated heterocycles. The first-order valence-corrected chi connectivity index (χ1v) is 10.4. The molecular weight excluding hydrogens is 467 g/mol. The van der Waals surface area contributed by atoms with Crippen molar-refractivity contribution in [3.63, 3.8) is 0 Å². The van der Waals surface area contributed by atoms with Gasteiger partial charge in [0.2, 0.25) is 5.76 Å². The van der Waals surface area contributed by atoms with Crippen LogP contribution in [0.25, 0.3) is 6.08 Å². The van der Waals surface area contributed by atoms with Gasteiger partial charge in [0.1, 0.15) is 29.6 Å². The number of nitrogens with one attached hydrogen (secondary N) is 1. The summed E-state index contributed by atoms with van der Waals surface area (Å²) in [5, 5.41) is 2.75. The molecule has 1 aliphatic rings. The summed E-state index contributed by atoms with van der Waals surface area (Å²) < 4.78 is 29.2. The van der Waals surface area contributed by atoms with Gasteiger partial charge in [0.05, 0.1) is 18.7 Å². The molecule has 0 atom stereocenters. The van der Waals surface area contributed by atoms with Crippen LogP contribution in [-0.4, -0.2) is 29.9 Å². The summed E-state index contributed by atoms with van der Waals surface area (Å²) in [6.07, 6.45) is 1.47. The van der Waals surface area contributed by atoms with Crippen LogP contribution in [0.5, 0.6) is 5.75 Å². The molecule has 2 heterocycles. The quantitative estimate of drug-likeness (QED) is 0.300. The number of carbonyl (C=O) groups excluding carboxylic acids is 3. The van der Waals surface area contributed by atoms with Crippen LogP contribution in [0.3, 0.4) is 0 Å². The smallest absolute Gasteiger partial charge is 0.373 e. The maximum atomic E-state index is 13.8. The number of nitrogens with zero attached hydrogens (tertiary/aromatic N) is 1. The molecule has 1 fully saturated rings. The van der Waals surface area contributed by atoms with Crippen molar-refractivity contribution < 1.29 is 32.7 Å². The number of benzene rings is 2. The van der Waals surface area contributed by atoms with E-state index in [1.54, 1.807) is 36.4 Å². The van der Waals surface area contributed by atoms with E-state index in [-0.39, 0.29) is 41.2 Å². The lowest BCUT2D eigenvalue weighted by Crippen LogP contribution is -2.30. The molecule has 0 saturated carbocycles. The lowest BCUT2D eigenvalue weighted by Gasteiger charge is -2.10. The van der Waals surface area contributed by atoms with Gasteiger partial charge in [-0.2, -0.15) is 0 Å². The highest BCUT2D eigenvalue weighted by Crippen LogP contribution is 2.28. The molecular formula is C24H18ClFN2O6. The van der Waals surface area contributed by atoms with E-state index in [0.717, 1.165) is 4.90 Å². The van der Waals surface area contributed by atoms with Crippen LogP contribution in [0.15, 0.2) is 64.7 Å². The van der Waals surface area contributed by atoms with Gasteiger partial charge in [0.15, 0.2) is 0 Å². The van der Waals surface area contributed by atoms with Gasteiger partial charge >= 0.3 is 12.0 Å². The van der Waals surface area contributed by atoms with E-state index in [0.29, 0.717) is 16.9 Å². The predicted octanol–water partition coefficient (Wildman–Crippen LogP) is 4.53. The van der Waals surface area contributed by atoms with Crippen LogP contribution in [-0.2, 0) is 22.7 Å². The minimum atomic E-state index is -0.665. The molecule has 0 spiro atoms. The van der Waals surface area contributed by atoms with E-state index in [1.165, 1.54) is 31.4 Å². The molecule has 0 bridgehead atoms. The molecule has 1 aromatic heterocycles. The van der Waals surface area contributed by atoms with Gasteiger partial charge in [-0.3, -0.25) is 9.69 Å². The number of rotatable bonds is 7. The van der Waals surface area contributed by atoms with Crippen LogP contribution in [0, 0.1) is 5.82 Å². The maximum absolute atomic E-state index is 13.8. The third-order valence-electron chi connectivity index (χ3n) is 4.93. The normalized spacial score (nSPS) is 14.4. The molecule has 4 rings (SSSR count). The number of amides is 3. The van der Waals surface area contributed by atoms with Gasteiger partial charge < -0.3 is 19.2 Å². The van der Waals surface area contributed by atoms with Crippen LogP contribution < -0.4 is 10.1 Å². The lowest BCUT2D eigenvalue weighted by atomic mass is 10.1. The molecule has 174 valence electrons. The number of methoxy groups -OCH3 is 1. The highest BCUT2D eigenvalue weighted by Gasteiger charge is 2.34. The number of imide groups is 1. The van der Waals surface area contributed by atoms with Gasteiger partial charge in [-0.05, 0) is 42.0 Å². The molecule has 34 heavy (non-hydrogen) atoms. The third-order valence-corrected chi connectivity index (χ3v) is 5.23. The number of esters is 1. The van der Waals surface area contributed by atoms with E-state index in [9.17, 15) is 18.8 Å². The first-order valence-electron chi connectivity index (χ1n) is 10.0. The number of hydrogen-bond acceptors (Lipinski definition) is 6. The zero-order valence-electron chi connectivity index (χ0n) is 17.8. The van der Waals surface area contributed by atoms with Gasteiger partial charge in [0.25, 0.3) is 5.91 Å². The summed E-state index contributed by atoms with van der Waals surface area (Å²) >= 11 is 6.28. The Hall–Kier alpha value is -4.11. The Labute approximate surface area is 198 Å². The Morgan fingerprint density at radius 1 is 1.18 bits per heavy atom. The topological polar surface area (TPSA) is 98.1 Å². The van der Waals surface area contributed by atoms with Crippen LogP contribution >= 0.6 is 11.6 Å². The molecule has 3 amide bonds. The summed E-state index contributed by atoms with van der Waals surface area (Å²) in [4.78, 5) is 37.5. The standard InChI is InChI=1S/C24H18ClFN2O6/c1-32-23(30)21-9-7-16(34-21)12-28-22(29)19(27-24(28)31)11-14-6-8-20(17(25)10-14)33-13-15-4-2-3-5-18(15)26/h2-11H,12-13H2,1H3,(H,27,31)/b19-11-. The predicted molar refractivity (Wildman–Crippen MR) is 119 cm³/mol. The van der Waals surface area contributed by atoms with Crippen molar-refractivity contribution in [1.29, 1.82) is 0 Å². The first kappa shape index (κ1) is 23.1. The van der Waals surface area contributed by atoms with Gasteiger partial charge in [0, 0.05) is 5.56 Å². The average Bonchev–Trinajstić information content (AvgIpc) is 3.39. The minimum Gasteiger partial charge on any atom is -0.487 e. The molecule has 1 N–H and O–H groups in total. The Bertz CT molecular complexity index is 1300. The second-order valence-corrected chi connectivity index (χ2v) is 7.61. The molecule has 1 aliphatic heterocycles. The second kappa shape index (κ2) is 9.80. The van der Waals surface area contributed by atoms with Gasteiger partial charge in [-0.1, -0.05) is 35.9 Å². The zero-order valence-corrected chi connectivity index (χ0v) is 18.6. The monoisotopic (exact) mass is 484 g/mol. The van der Waals surface area contributed by atoms with E-state index in [1.807, 2.05) is 0 Å². The molecule has 0 radical (unpaired) electrons. The van der Waals surface area contributed by atoms with E-state index < -0.39 is 17.9 Å². The number of ether oxygens (including phenoxy) is 2. The molecule has 2 aromatic carbocycles. The Morgan fingerprint density at radius 2 is 1.97 bits per heavy atom. The van der Waals surface area contributed by atoms with E-state index in [2.05, 4.69) is 10.1 Å². The van der Waals surface area contributed by atoms with E-state index >= 15 is 0 Å². The number of furan rings is 1. The van der Waals surface area contributed by atoms with Crippen LogP contribution in [0.1, 0.15) is 27.4 Å². The number of carbonyl (C=O) groups is 3. The number of halogens is 2. The molecule has 3 aromatic rings. The molecule has 8 nitrogen and oxygen atoms in total. The summed E-state index contributed by atoms with van der Waals surface area (Å²) in [6, 6.07) is 13.3. The Balaban J connectivity index is 1.44. The fourth-order valence-corrected chi connectivity index (χ4v) is 3.45. The van der Waals surface area contributed by atoms with Crippen molar-refractivity contribution in [2.24, 2.45) is 0 Å². The zero-order chi connectivity index (χ0) is 24.2.